The van der Waals surface area contributed by atoms with Crippen LogP contribution in [-0.2, 0) is 11.3 Å². The molecule has 0 atom stereocenters. The van der Waals surface area contributed by atoms with Gasteiger partial charge in [0.25, 0.3) is 0 Å². The van der Waals surface area contributed by atoms with Crippen molar-refractivity contribution in [2.45, 2.75) is 39.3 Å². The first-order valence-corrected chi connectivity index (χ1v) is 8.41. The van der Waals surface area contributed by atoms with Gasteiger partial charge in [-0.25, -0.2) is 14.8 Å². The zero-order valence-corrected chi connectivity index (χ0v) is 14.3. The second kappa shape index (κ2) is 5.88. The lowest BCUT2D eigenvalue weighted by Crippen LogP contribution is -2.10. The minimum atomic E-state index is -0.352. The lowest BCUT2D eigenvalue weighted by molar-refractivity contribution is 0.0461. The molecule has 6 heteroatoms. The average Bonchev–Trinajstić information content (AvgIpc) is 3.38. The first-order chi connectivity index (χ1) is 12.0. The standard InChI is InChI=1S/C19H20N4O2/c1-11-9-15(12(2)23(11)13-7-8-13)19(24)25-10-17-21-16-6-4-3-5-14(16)18(20)22-17/h3-6,9,13H,7-8,10H2,1-2H3,(H2,20,21,22). The number of hydrogen-bond acceptors (Lipinski definition) is 5. The van der Waals surface area contributed by atoms with Gasteiger partial charge in [-0.2, -0.15) is 0 Å². The van der Waals surface area contributed by atoms with Crippen molar-refractivity contribution in [1.29, 1.82) is 0 Å². The summed E-state index contributed by atoms with van der Waals surface area (Å²) in [5, 5.41) is 0.797. The largest absolute Gasteiger partial charge is 0.454 e. The number of aryl methyl sites for hydroxylation is 1. The second-order valence-corrected chi connectivity index (χ2v) is 6.50. The monoisotopic (exact) mass is 336 g/mol. The first kappa shape index (κ1) is 15.6. The van der Waals surface area contributed by atoms with Crippen LogP contribution < -0.4 is 5.73 Å². The summed E-state index contributed by atoms with van der Waals surface area (Å²) >= 11 is 0. The van der Waals surface area contributed by atoms with E-state index in [1.807, 2.05) is 44.2 Å². The van der Waals surface area contributed by atoms with Crippen LogP contribution in [-0.4, -0.2) is 20.5 Å². The van der Waals surface area contributed by atoms with Gasteiger partial charge in [0.1, 0.15) is 5.82 Å². The number of ether oxygens (including phenoxy) is 1. The highest BCUT2D eigenvalue weighted by Crippen LogP contribution is 2.38. The molecule has 128 valence electrons. The molecule has 6 nitrogen and oxygen atoms in total. The Balaban J connectivity index is 1.53. The van der Waals surface area contributed by atoms with E-state index >= 15 is 0 Å². The zero-order chi connectivity index (χ0) is 17.6. The van der Waals surface area contributed by atoms with Crippen molar-refractivity contribution in [1.82, 2.24) is 14.5 Å². The molecule has 2 heterocycles. The third-order valence-corrected chi connectivity index (χ3v) is 4.63. The quantitative estimate of drug-likeness (QED) is 0.739. The first-order valence-electron chi connectivity index (χ1n) is 8.41. The molecule has 2 aromatic heterocycles. The van der Waals surface area contributed by atoms with Gasteiger partial charge in [-0.15, -0.1) is 0 Å². The fraction of sp³-hybridized carbons (Fsp3) is 0.316. The molecular weight excluding hydrogens is 316 g/mol. The van der Waals surface area contributed by atoms with Gasteiger partial charge in [0.05, 0.1) is 11.1 Å². The third-order valence-electron chi connectivity index (χ3n) is 4.63. The van der Waals surface area contributed by atoms with Gasteiger partial charge in [-0.05, 0) is 44.9 Å². The Morgan fingerprint density at radius 2 is 2.04 bits per heavy atom. The van der Waals surface area contributed by atoms with Crippen LogP contribution in [0.3, 0.4) is 0 Å². The van der Waals surface area contributed by atoms with Gasteiger partial charge >= 0.3 is 5.97 Å². The number of fused-ring (bicyclic) bond motifs is 1. The molecule has 0 radical (unpaired) electrons. The highest BCUT2D eigenvalue weighted by atomic mass is 16.5. The van der Waals surface area contributed by atoms with E-state index in [1.54, 1.807) is 0 Å². The Hall–Kier alpha value is -2.89. The minimum Gasteiger partial charge on any atom is -0.454 e. The number of esters is 1. The van der Waals surface area contributed by atoms with Crippen LogP contribution in [0.15, 0.2) is 30.3 Å². The maximum Gasteiger partial charge on any atom is 0.340 e. The Morgan fingerprint density at radius 1 is 1.28 bits per heavy atom. The number of anilines is 1. The number of carbonyl (C=O) groups excluding carboxylic acids is 1. The number of benzene rings is 1. The average molecular weight is 336 g/mol. The topological polar surface area (TPSA) is 83.0 Å². The molecule has 1 aliphatic rings. The molecule has 0 unspecified atom stereocenters. The molecule has 3 aromatic rings. The summed E-state index contributed by atoms with van der Waals surface area (Å²) in [6, 6.07) is 9.93. The minimum absolute atomic E-state index is 0.000956. The van der Waals surface area contributed by atoms with E-state index in [4.69, 9.17) is 10.5 Å². The van der Waals surface area contributed by atoms with E-state index in [0.717, 1.165) is 22.3 Å². The zero-order valence-electron chi connectivity index (χ0n) is 14.3. The summed E-state index contributed by atoms with van der Waals surface area (Å²) in [7, 11) is 0. The number of aromatic nitrogens is 3. The van der Waals surface area contributed by atoms with Crippen molar-refractivity contribution in [2.24, 2.45) is 0 Å². The van der Waals surface area contributed by atoms with Crippen LogP contribution in [0.1, 0.15) is 46.5 Å². The molecule has 0 amide bonds. The van der Waals surface area contributed by atoms with E-state index in [-0.39, 0.29) is 12.6 Å². The second-order valence-electron chi connectivity index (χ2n) is 6.50. The normalized spacial score (nSPS) is 14.0. The van der Waals surface area contributed by atoms with Crippen LogP contribution in [0, 0.1) is 13.8 Å². The van der Waals surface area contributed by atoms with E-state index in [1.165, 1.54) is 12.8 Å². The number of nitrogens with zero attached hydrogens (tertiary/aromatic N) is 3. The van der Waals surface area contributed by atoms with Crippen molar-refractivity contribution >= 4 is 22.7 Å². The van der Waals surface area contributed by atoms with Crippen molar-refractivity contribution in [2.75, 3.05) is 5.73 Å². The Bertz CT molecular complexity index is 973. The smallest absolute Gasteiger partial charge is 0.340 e. The molecular formula is C19H20N4O2. The van der Waals surface area contributed by atoms with Gasteiger partial charge in [-0.3, -0.25) is 0 Å². The van der Waals surface area contributed by atoms with E-state index in [2.05, 4.69) is 14.5 Å². The predicted octanol–water partition coefficient (Wildman–Crippen LogP) is 3.32. The molecule has 1 aromatic carbocycles. The molecule has 4 rings (SSSR count). The summed E-state index contributed by atoms with van der Waals surface area (Å²) in [5.74, 6) is 0.444. The van der Waals surface area contributed by atoms with E-state index in [0.29, 0.717) is 23.2 Å². The predicted molar refractivity (Wildman–Crippen MR) is 95.2 cm³/mol. The van der Waals surface area contributed by atoms with Crippen molar-refractivity contribution in [3.8, 4) is 0 Å². The fourth-order valence-electron chi connectivity index (χ4n) is 3.30. The van der Waals surface area contributed by atoms with Crippen molar-refractivity contribution in [3.05, 3.63) is 53.1 Å². The molecule has 1 aliphatic carbocycles. The fourth-order valence-corrected chi connectivity index (χ4v) is 3.30. The summed E-state index contributed by atoms with van der Waals surface area (Å²) in [4.78, 5) is 21.1. The maximum absolute atomic E-state index is 12.5. The Morgan fingerprint density at radius 3 is 2.80 bits per heavy atom. The molecule has 2 N–H and O–H groups in total. The van der Waals surface area contributed by atoms with Gasteiger partial charge < -0.3 is 15.0 Å². The third kappa shape index (κ3) is 2.84. The molecule has 1 fully saturated rings. The molecule has 0 aliphatic heterocycles. The van der Waals surface area contributed by atoms with Crippen LogP contribution in [0.2, 0.25) is 0 Å². The van der Waals surface area contributed by atoms with Gasteiger partial charge in [0, 0.05) is 22.8 Å². The summed E-state index contributed by atoms with van der Waals surface area (Å²) in [6.45, 7) is 3.99. The van der Waals surface area contributed by atoms with Crippen LogP contribution >= 0.6 is 0 Å². The number of hydrogen-bond donors (Lipinski definition) is 1. The van der Waals surface area contributed by atoms with Crippen molar-refractivity contribution < 1.29 is 9.53 Å². The van der Waals surface area contributed by atoms with Crippen molar-refractivity contribution in [3.63, 3.8) is 0 Å². The summed E-state index contributed by atoms with van der Waals surface area (Å²) in [6.07, 6.45) is 2.35. The SMILES string of the molecule is Cc1cc(C(=O)OCc2nc(N)c3ccccc3n2)c(C)n1C1CC1. The number of para-hydroxylation sites is 1. The number of rotatable bonds is 4. The Labute approximate surface area is 145 Å². The summed E-state index contributed by atoms with van der Waals surface area (Å²) < 4.78 is 7.66. The maximum atomic E-state index is 12.5. The summed E-state index contributed by atoms with van der Waals surface area (Å²) in [5.41, 5.74) is 9.38. The lowest BCUT2D eigenvalue weighted by atomic mass is 10.2. The number of nitrogen functional groups attached to an aromatic ring is 1. The van der Waals surface area contributed by atoms with Crippen LogP contribution in [0.5, 0.6) is 0 Å². The molecule has 0 saturated heterocycles. The van der Waals surface area contributed by atoms with E-state index in [9.17, 15) is 4.79 Å². The highest BCUT2D eigenvalue weighted by molar-refractivity contribution is 5.91. The Kier molecular flexibility index (Phi) is 3.67. The number of carbonyl (C=O) groups is 1. The highest BCUT2D eigenvalue weighted by Gasteiger charge is 2.28. The molecule has 25 heavy (non-hydrogen) atoms. The van der Waals surface area contributed by atoms with Crippen LogP contribution in [0.25, 0.3) is 10.9 Å². The molecule has 1 saturated carbocycles. The van der Waals surface area contributed by atoms with Gasteiger partial charge in [0.15, 0.2) is 12.4 Å². The van der Waals surface area contributed by atoms with E-state index < -0.39 is 0 Å². The van der Waals surface area contributed by atoms with Gasteiger partial charge in [0.2, 0.25) is 0 Å². The molecule has 0 bridgehead atoms. The lowest BCUT2D eigenvalue weighted by Gasteiger charge is -2.08. The van der Waals surface area contributed by atoms with Gasteiger partial charge in [-0.1, -0.05) is 12.1 Å². The van der Waals surface area contributed by atoms with Crippen LogP contribution in [0.4, 0.5) is 5.82 Å². The number of nitrogens with two attached hydrogens (primary N) is 1. The molecule has 0 spiro atoms.